The summed E-state index contributed by atoms with van der Waals surface area (Å²) in [5.74, 6) is 0.110. The van der Waals surface area contributed by atoms with Crippen LogP contribution < -0.4 is 10.1 Å². The summed E-state index contributed by atoms with van der Waals surface area (Å²) in [4.78, 5) is 13.1. The van der Waals surface area contributed by atoms with Gasteiger partial charge in [0.25, 0.3) is 5.91 Å². The maximum atomic E-state index is 13.1. The van der Waals surface area contributed by atoms with Crippen LogP contribution in [0.15, 0.2) is 52.3 Å². The molecule has 11 heteroatoms. The lowest BCUT2D eigenvalue weighted by Gasteiger charge is -2.26. The van der Waals surface area contributed by atoms with E-state index < -0.39 is 20.0 Å². The zero-order chi connectivity index (χ0) is 26.5. The quantitative estimate of drug-likeness (QED) is 0.481. The molecule has 0 spiro atoms. The van der Waals surface area contributed by atoms with Gasteiger partial charge in [-0.25, -0.2) is 16.8 Å². The largest absolute Gasteiger partial charge is 0.492 e. The van der Waals surface area contributed by atoms with Crippen LogP contribution in [-0.4, -0.2) is 70.7 Å². The van der Waals surface area contributed by atoms with Gasteiger partial charge in [-0.05, 0) is 74.6 Å². The lowest BCUT2D eigenvalue weighted by molar-refractivity contribution is 0.0946. The summed E-state index contributed by atoms with van der Waals surface area (Å²) in [5, 5.41) is 2.75. The maximum absolute atomic E-state index is 13.1. The van der Waals surface area contributed by atoms with Crippen molar-refractivity contribution in [2.45, 2.75) is 55.2 Å². The Morgan fingerprint density at radius 3 is 1.97 bits per heavy atom. The minimum absolute atomic E-state index is 0.165. The molecule has 0 saturated carbocycles. The van der Waals surface area contributed by atoms with E-state index in [0.717, 1.165) is 38.5 Å². The number of rotatable bonds is 9. The Morgan fingerprint density at radius 1 is 0.811 bits per heavy atom. The first-order valence-electron chi connectivity index (χ1n) is 12.8. The predicted molar refractivity (Wildman–Crippen MR) is 141 cm³/mol. The smallest absolute Gasteiger partial charge is 0.251 e. The number of sulfonamides is 2. The summed E-state index contributed by atoms with van der Waals surface area (Å²) >= 11 is 0. The van der Waals surface area contributed by atoms with Crippen LogP contribution in [0, 0.1) is 6.92 Å². The van der Waals surface area contributed by atoms with E-state index in [0.29, 0.717) is 37.5 Å². The van der Waals surface area contributed by atoms with Crippen molar-refractivity contribution in [3.05, 3.63) is 53.6 Å². The number of amides is 1. The molecule has 0 aromatic heterocycles. The molecule has 0 atom stereocenters. The number of aryl methyl sites for hydroxylation is 1. The van der Waals surface area contributed by atoms with Gasteiger partial charge >= 0.3 is 0 Å². The number of benzene rings is 2. The van der Waals surface area contributed by atoms with Crippen LogP contribution in [0.5, 0.6) is 5.75 Å². The minimum Gasteiger partial charge on any atom is -0.492 e. The summed E-state index contributed by atoms with van der Waals surface area (Å²) in [5.41, 5.74) is 0.879. The number of carbonyl (C=O) groups is 1. The lowest BCUT2D eigenvalue weighted by Crippen LogP contribution is -2.36. The first-order valence-corrected chi connectivity index (χ1v) is 15.7. The summed E-state index contributed by atoms with van der Waals surface area (Å²) in [6, 6.07) is 11.0. The molecule has 2 heterocycles. The molecule has 2 aromatic rings. The van der Waals surface area contributed by atoms with E-state index in [-0.39, 0.29) is 34.4 Å². The maximum Gasteiger partial charge on any atom is 0.251 e. The van der Waals surface area contributed by atoms with Crippen LogP contribution >= 0.6 is 0 Å². The van der Waals surface area contributed by atoms with Crippen molar-refractivity contribution in [1.82, 2.24) is 13.9 Å². The van der Waals surface area contributed by atoms with E-state index in [9.17, 15) is 21.6 Å². The number of hydrogen-bond acceptors (Lipinski definition) is 6. The van der Waals surface area contributed by atoms with Crippen LogP contribution in [0.2, 0.25) is 0 Å². The van der Waals surface area contributed by atoms with Crippen molar-refractivity contribution < 1.29 is 26.4 Å². The Morgan fingerprint density at radius 2 is 1.38 bits per heavy atom. The molecule has 2 aliphatic rings. The highest BCUT2D eigenvalue weighted by Gasteiger charge is 2.28. The van der Waals surface area contributed by atoms with Crippen molar-refractivity contribution in [1.29, 1.82) is 0 Å². The van der Waals surface area contributed by atoms with E-state index in [1.54, 1.807) is 31.2 Å². The Bertz CT molecular complexity index is 1300. The fourth-order valence-corrected chi connectivity index (χ4v) is 7.95. The second-order valence-electron chi connectivity index (χ2n) is 9.49. The number of hydrogen-bond donors (Lipinski definition) is 1. The highest BCUT2D eigenvalue weighted by atomic mass is 32.2. The molecular weight excluding hydrogens is 514 g/mol. The molecule has 0 radical (unpaired) electrons. The SMILES string of the molecule is Cc1ccc(C(=O)NCCOc2ccc(S(=O)(=O)N3CCCCC3)cc2)cc1S(=O)(=O)N1CCCCC1. The van der Waals surface area contributed by atoms with Gasteiger partial charge in [-0.3, -0.25) is 4.79 Å². The molecule has 0 bridgehead atoms. The summed E-state index contributed by atoms with van der Waals surface area (Å²) in [6.07, 6.45) is 5.52. The number of ether oxygens (including phenoxy) is 1. The van der Waals surface area contributed by atoms with Crippen LogP contribution in [-0.2, 0) is 20.0 Å². The number of piperidine rings is 2. The van der Waals surface area contributed by atoms with Crippen LogP contribution in [0.3, 0.4) is 0 Å². The number of carbonyl (C=O) groups excluding carboxylic acids is 1. The van der Waals surface area contributed by atoms with Crippen molar-refractivity contribution in [2.24, 2.45) is 0 Å². The molecule has 2 saturated heterocycles. The van der Waals surface area contributed by atoms with E-state index in [2.05, 4.69) is 5.32 Å². The summed E-state index contributed by atoms with van der Waals surface area (Å²) in [6.45, 7) is 4.21. The molecule has 0 unspecified atom stereocenters. The molecule has 1 amide bonds. The van der Waals surface area contributed by atoms with Crippen molar-refractivity contribution in [3.8, 4) is 5.75 Å². The molecular formula is C26H35N3O6S2. The Hall–Kier alpha value is -2.47. The van der Waals surface area contributed by atoms with Gasteiger partial charge in [0.2, 0.25) is 20.0 Å². The fourth-order valence-electron chi connectivity index (χ4n) is 4.66. The minimum atomic E-state index is -3.65. The average molecular weight is 550 g/mol. The van der Waals surface area contributed by atoms with Gasteiger partial charge in [0.05, 0.1) is 16.3 Å². The first-order chi connectivity index (χ1) is 17.7. The van der Waals surface area contributed by atoms with E-state index >= 15 is 0 Å². The van der Waals surface area contributed by atoms with Crippen molar-refractivity contribution in [3.63, 3.8) is 0 Å². The van der Waals surface area contributed by atoms with Crippen LogP contribution in [0.1, 0.15) is 54.4 Å². The molecule has 4 rings (SSSR count). The van der Waals surface area contributed by atoms with E-state index in [1.807, 2.05) is 0 Å². The predicted octanol–water partition coefficient (Wildman–Crippen LogP) is 3.15. The highest BCUT2D eigenvalue weighted by Crippen LogP contribution is 2.25. The molecule has 202 valence electrons. The second kappa shape index (κ2) is 11.9. The molecule has 0 aliphatic carbocycles. The first kappa shape index (κ1) is 27.6. The van der Waals surface area contributed by atoms with Gasteiger partial charge in [0.15, 0.2) is 0 Å². The van der Waals surface area contributed by atoms with Crippen molar-refractivity contribution >= 4 is 26.0 Å². The number of nitrogens with one attached hydrogen (secondary N) is 1. The second-order valence-corrected chi connectivity index (χ2v) is 13.3. The lowest BCUT2D eigenvalue weighted by atomic mass is 10.1. The Kier molecular flexibility index (Phi) is 8.89. The monoisotopic (exact) mass is 549 g/mol. The Labute approximate surface area is 219 Å². The average Bonchev–Trinajstić information content (AvgIpc) is 2.92. The molecule has 1 N–H and O–H groups in total. The third-order valence-corrected chi connectivity index (χ3v) is 10.8. The van der Waals surface area contributed by atoms with Crippen LogP contribution in [0.25, 0.3) is 0 Å². The van der Waals surface area contributed by atoms with Crippen LogP contribution in [0.4, 0.5) is 0 Å². The molecule has 9 nitrogen and oxygen atoms in total. The molecule has 2 fully saturated rings. The normalized spacial score (nSPS) is 17.9. The standard InChI is InChI=1S/C26H35N3O6S2/c1-21-8-9-22(20-25(21)37(33,34)29-17-6-3-7-18-29)26(30)27-14-19-35-23-10-12-24(13-11-23)36(31,32)28-15-4-2-5-16-28/h8-13,20H,2-7,14-19H2,1H3,(H,27,30). The zero-order valence-corrected chi connectivity index (χ0v) is 22.8. The van der Waals surface area contributed by atoms with Gasteiger partial charge in [-0.15, -0.1) is 0 Å². The molecule has 2 aromatic carbocycles. The fraction of sp³-hybridized carbons (Fsp3) is 0.500. The van der Waals surface area contributed by atoms with Gasteiger partial charge in [0, 0.05) is 31.7 Å². The third kappa shape index (κ3) is 6.51. The van der Waals surface area contributed by atoms with E-state index in [1.165, 1.54) is 26.8 Å². The molecule has 2 aliphatic heterocycles. The van der Waals surface area contributed by atoms with Gasteiger partial charge in [-0.2, -0.15) is 8.61 Å². The topological polar surface area (TPSA) is 113 Å². The zero-order valence-electron chi connectivity index (χ0n) is 21.2. The van der Waals surface area contributed by atoms with Gasteiger partial charge < -0.3 is 10.1 Å². The highest BCUT2D eigenvalue weighted by molar-refractivity contribution is 7.89. The Balaban J connectivity index is 1.31. The third-order valence-electron chi connectivity index (χ3n) is 6.82. The molecule has 37 heavy (non-hydrogen) atoms. The summed E-state index contributed by atoms with van der Waals surface area (Å²) < 4.78 is 60.4. The number of nitrogens with zero attached hydrogens (tertiary/aromatic N) is 2. The van der Waals surface area contributed by atoms with Gasteiger partial charge in [-0.1, -0.05) is 18.9 Å². The van der Waals surface area contributed by atoms with E-state index in [4.69, 9.17) is 4.74 Å². The van der Waals surface area contributed by atoms with Gasteiger partial charge in [0.1, 0.15) is 12.4 Å². The summed E-state index contributed by atoms with van der Waals surface area (Å²) in [7, 11) is -7.14. The van der Waals surface area contributed by atoms with Crippen molar-refractivity contribution in [2.75, 3.05) is 39.3 Å².